The lowest BCUT2D eigenvalue weighted by Gasteiger charge is -2.03. The second-order valence-corrected chi connectivity index (χ2v) is 6.39. The second kappa shape index (κ2) is 11.6. The highest BCUT2D eigenvalue weighted by Gasteiger charge is 1.99. The van der Waals surface area contributed by atoms with Crippen molar-refractivity contribution in [2.45, 2.75) is 67.5 Å². The van der Waals surface area contributed by atoms with E-state index in [-0.39, 0.29) is 9.67 Å². The molecular weight excluding hydrogens is 274 g/mol. The van der Waals surface area contributed by atoms with Gasteiger partial charge in [0.15, 0.2) is 0 Å². The molecule has 92 valence electrons. The van der Waals surface area contributed by atoms with Crippen molar-refractivity contribution >= 4 is 46.4 Å². The molecular formula is C11H20Cl4. The number of halogens is 4. The zero-order valence-corrected chi connectivity index (χ0v) is 12.1. The van der Waals surface area contributed by atoms with E-state index in [9.17, 15) is 0 Å². The molecule has 0 fully saturated rings. The minimum atomic E-state index is -0.186. The molecule has 4 heteroatoms. The molecule has 0 N–H and O–H groups in total. The monoisotopic (exact) mass is 292 g/mol. The third kappa shape index (κ3) is 15.2. The predicted octanol–water partition coefficient (Wildman–Crippen LogP) is 6.10. The summed E-state index contributed by atoms with van der Waals surface area (Å²) in [5.74, 6) is 0. The van der Waals surface area contributed by atoms with Crippen molar-refractivity contribution in [3.63, 3.8) is 0 Å². The van der Waals surface area contributed by atoms with Gasteiger partial charge in [-0.3, -0.25) is 0 Å². The van der Waals surface area contributed by atoms with E-state index in [1.54, 1.807) is 0 Å². The van der Waals surface area contributed by atoms with Gasteiger partial charge in [0.1, 0.15) is 9.67 Å². The van der Waals surface area contributed by atoms with Gasteiger partial charge in [-0.05, 0) is 12.8 Å². The van der Waals surface area contributed by atoms with Gasteiger partial charge < -0.3 is 0 Å². The topological polar surface area (TPSA) is 0 Å². The molecule has 0 aliphatic rings. The Morgan fingerprint density at radius 1 is 0.467 bits per heavy atom. The Morgan fingerprint density at radius 2 is 0.733 bits per heavy atom. The van der Waals surface area contributed by atoms with Crippen LogP contribution in [-0.2, 0) is 0 Å². The molecule has 0 aliphatic carbocycles. The summed E-state index contributed by atoms with van der Waals surface area (Å²) < 4.78 is 0. The Balaban J connectivity index is 2.93. The molecule has 0 unspecified atom stereocenters. The van der Waals surface area contributed by atoms with Gasteiger partial charge in [-0.1, -0.05) is 44.9 Å². The Hall–Kier alpha value is 1.16. The van der Waals surface area contributed by atoms with E-state index in [1.807, 2.05) is 0 Å². The van der Waals surface area contributed by atoms with Crippen molar-refractivity contribution < 1.29 is 0 Å². The summed E-state index contributed by atoms with van der Waals surface area (Å²) in [7, 11) is 0. The Bertz CT molecular complexity index is 112. The third-order valence-corrected chi connectivity index (χ3v) is 3.22. The van der Waals surface area contributed by atoms with E-state index in [1.165, 1.54) is 32.1 Å². The van der Waals surface area contributed by atoms with Gasteiger partial charge in [-0.2, -0.15) is 0 Å². The summed E-state index contributed by atoms with van der Waals surface area (Å²) in [5, 5.41) is 0. The maximum Gasteiger partial charge on any atom is 0.107 e. The predicted molar refractivity (Wildman–Crippen MR) is 72.5 cm³/mol. The van der Waals surface area contributed by atoms with Gasteiger partial charge in [-0.25, -0.2) is 0 Å². The quantitative estimate of drug-likeness (QED) is 0.337. The van der Waals surface area contributed by atoms with Crippen LogP contribution in [0.4, 0.5) is 0 Å². The molecule has 0 nitrogen and oxygen atoms in total. The summed E-state index contributed by atoms with van der Waals surface area (Å²) in [6, 6.07) is 0. The maximum absolute atomic E-state index is 5.63. The maximum atomic E-state index is 5.63. The molecule has 0 aromatic rings. The third-order valence-electron chi connectivity index (χ3n) is 2.34. The van der Waals surface area contributed by atoms with E-state index in [0.717, 1.165) is 25.7 Å². The summed E-state index contributed by atoms with van der Waals surface area (Å²) in [6.45, 7) is 0. The van der Waals surface area contributed by atoms with Crippen molar-refractivity contribution in [2.75, 3.05) is 0 Å². The van der Waals surface area contributed by atoms with E-state index < -0.39 is 0 Å². The Labute approximate surface area is 114 Å². The highest BCUT2D eigenvalue weighted by Crippen LogP contribution is 2.16. The van der Waals surface area contributed by atoms with Gasteiger partial charge in [0, 0.05) is 0 Å². The number of hydrogen-bond donors (Lipinski definition) is 0. The zero-order valence-electron chi connectivity index (χ0n) is 9.03. The lowest BCUT2D eigenvalue weighted by molar-refractivity contribution is 0.568. The number of unbranched alkanes of at least 4 members (excludes halogenated alkanes) is 6. The SMILES string of the molecule is ClC(Cl)CCCCCCCCCC(Cl)Cl. The largest absolute Gasteiger partial charge is 0.107 e. The highest BCUT2D eigenvalue weighted by molar-refractivity contribution is 6.44. The van der Waals surface area contributed by atoms with E-state index in [0.29, 0.717) is 0 Å². The molecule has 0 spiro atoms. The van der Waals surface area contributed by atoms with E-state index >= 15 is 0 Å². The van der Waals surface area contributed by atoms with Crippen LogP contribution < -0.4 is 0 Å². The van der Waals surface area contributed by atoms with Gasteiger partial charge in [-0.15, -0.1) is 46.4 Å². The van der Waals surface area contributed by atoms with Crippen LogP contribution >= 0.6 is 46.4 Å². The molecule has 15 heavy (non-hydrogen) atoms. The van der Waals surface area contributed by atoms with Gasteiger partial charge in [0.25, 0.3) is 0 Å². The first-order chi connectivity index (χ1) is 7.13. The molecule has 0 heterocycles. The molecule has 0 saturated heterocycles. The number of rotatable bonds is 10. The zero-order chi connectivity index (χ0) is 11.5. The van der Waals surface area contributed by atoms with Crippen molar-refractivity contribution in [2.24, 2.45) is 0 Å². The molecule has 0 radical (unpaired) electrons. The van der Waals surface area contributed by atoms with Crippen LogP contribution in [0.25, 0.3) is 0 Å². The van der Waals surface area contributed by atoms with Crippen LogP contribution in [0.3, 0.4) is 0 Å². The van der Waals surface area contributed by atoms with Crippen LogP contribution in [0.1, 0.15) is 57.8 Å². The minimum absolute atomic E-state index is 0.186. The van der Waals surface area contributed by atoms with Gasteiger partial charge >= 0.3 is 0 Å². The van der Waals surface area contributed by atoms with E-state index in [4.69, 9.17) is 46.4 Å². The molecule has 0 amide bonds. The highest BCUT2D eigenvalue weighted by atomic mass is 35.5. The molecule has 0 rings (SSSR count). The van der Waals surface area contributed by atoms with E-state index in [2.05, 4.69) is 0 Å². The first-order valence-electron chi connectivity index (χ1n) is 5.69. The lowest BCUT2D eigenvalue weighted by Crippen LogP contribution is -1.88. The summed E-state index contributed by atoms with van der Waals surface area (Å²) >= 11 is 22.5. The first-order valence-corrected chi connectivity index (χ1v) is 7.44. The standard InChI is InChI=1S/C11H20Cl4/c12-10(13)8-6-4-2-1-3-5-7-9-11(14)15/h10-11H,1-9H2. The fraction of sp³-hybridized carbons (Fsp3) is 1.00. The number of alkyl halides is 4. The first kappa shape index (κ1) is 16.2. The molecule has 0 saturated carbocycles. The van der Waals surface area contributed by atoms with Crippen molar-refractivity contribution in [1.29, 1.82) is 0 Å². The molecule has 0 aromatic carbocycles. The van der Waals surface area contributed by atoms with Gasteiger partial charge in [0.2, 0.25) is 0 Å². The minimum Gasteiger partial charge on any atom is -0.105 e. The summed E-state index contributed by atoms with van der Waals surface area (Å²) in [4.78, 5) is -0.372. The molecule has 0 atom stereocenters. The fourth-order valence-corrected chi connectivity index (χ4v) is 2.10. The molecule has 0 aliphatic heterocycles. The molecule has 0 aromatic heterocycles. The van der Waals surface area contributed by atoms with Crippen LogP contribution in [0.5, 0.6) is 0 Å². The average Bonchev–Trinajstić information content (AvgIpc) is 2.14. The van der Waals surface area contributed by atoms with Crippen LogP contribution in [0.15, 0.2) is 0 Å². The van der Waals surface area contributed by atoms with Crippen molar-refractivity contribution in [3.05, 3.63) is 0 Å². The Kier molecular flexibility index (Phi) is 12.5. The summed E-state index contributed by atoms with van der Waals surface area (Å²) in [6.07, 6.45) is 10.5. The van der Waals surface area contributed by atoms with Crippen LogP contribution in [0.2, 0.25) is 0 Å². The van der Waals surface area contributed by atoms with Crippen LogP contribution in [-0.4, -0.2) is 9.67 Å². The van der Waals surface area contributed by atoms with Crippen LogP contribution in [0, 0.1) is 0 Å². The number of hydrogen-bond acceptors (Lipinski definition) is 0. The van der Waals surface area contributed by atoms with Crippen molar-refractivity contribution in [3.8, 4) is 0 Å². The van der Waals surface area contributed by atoms with Gasteiger partial charge in [0.05, 0.1) is 0 Å². The Morgan fingerprint density at radius 3 is 1.00 bits per heavy atom. The normalized spacial score (nSPS) is 11.6. The summed E-state index contributed by atoms with van der Waals surface area (Å²) in [5.41, 5.74) is 0. The van der Waals surface area contributed by atoms with Crippen molar-refractivity contribution in [1.82, 2.24) is 0 Å². The second-order valence-electron chi connectivity index (χ2n) is 3.83. The molecule has 0 bridgehead atoms. The smallest absolute Gasteiger partial charge is 0.105 e. The fourth-order valence-electron chi connectivity index (χ4n) is 1.48. The average molecular weight is 294 g/mol. The lowest BCUT2D eigenvalue weighted by atomic mass is 10.1.